The van der Waals surface area contributed by atoms with Gasteiger partial charge in [0.25, 0.3) is 0 Å². The van der Waals surface area contributed by atoms with Crippen LogP contribution < -0.4 is 0 Å². The molecule has 1 aromatic rings. The van der Waals surface area contributed by atoms with Gasteiger partial charge in [-0.05, 0) is 30.7 Å². The molecule has 3 rings (SSSR count). The van der Waals surface area contributed by atoms with Crippen molar-refractivity contribution in [3.63, 3.8) is 0 Å². The monoisotopic (exact) mass is 244 g/mol. The zero-order valence-electron chi connectivity index (χ0n) is 11.1. The fourth-order valence-electron chi connectivity index (χ4n) is 3.16. The molecule has 2 fully saturated rings. The maximum atomic E-state index is 12.4. The molecule has 96 valence electrons. The van der Waals surface area contributed by atoms with Crippen LogP contribution in [0.4, 0.5) is 0 Å². The predicted octanol–water partition coefficient (Wildman–Crippen LogP) is 3.56. The van der Waals surface area contributed by atoms with Crippen molar-refractivity contribution in [2.75, 3.05) is 0 Å². The van der Waals surface area contributed by atoms with E-state index in [0.717, 1.165) is 24.8 Å². The minimum atomic E-state index is 0.105. The summed E-state index contributed by atoms with van der Waals surface area (Å²) in [5.41, 5.74) is 2.14. The average molecular weight is 244 g/mol. The van der Waals surface area contributed by atoms with Crippen molar-refractivity contribution < 1.29 is 9.53 Å². The largest absolute Gasteiger partial charge is 0.374 e. The van der Waals surface area contributed by atoms with E-state index in [4.69, 9.17) is 4.74 Å². The van der Waals surface area contributed by atoms with Gasteiger partial charge in [0.05, 0.1) is 18.1 Å². The Morgan fingerprint density at radius 1 is 1.22 bits per heavy atom. The molecule has 2 aliphatic rings. The van der Waals surface area contributed by atoms with Crippen molar-refractivity contribution in [2.24, 2.45) is 5.92 Å². The Balaban J connectivity index is 1.76. The maximum Gasteiger partial charge on any atom is 0.168 e. The van der Waals surface area contributed by atoms with Gasteiger partial charge < -0.3 is 4.74 Å². The molecule has 2 saturated heterocycles. The second kappa shape index (κ2) is 4.51. The van der Waals surface area contributed by atoms with E-state index in [0.29, 0.717) is 12.0 Å². The summed E-state index contributed by atoms with van der Waals surface area (Å²) >= 11 is 0. The van der Waals surface area contributed by atoms with Crippen molar-refractivity contribution in [3.05, 3.63) is 35.4 Å². The average Bonchev–Trinajstić information content (AvgIpc) is 3.00. The first-order valence-electron chi connectivity index (χ1n) is 6.95. The van der Waals surface area contributed by atoms with Gasteiger partial charge in [-0.15, -0.1) is 0 Å². The molecule has 0 radical (unpaired) electrons. The van der Waals surface area contributed by atoms with E-state index in [-0.39, 0.29) is 17.8 Å². The number of hydrogen-bond acceptors (Lipinski definition) is 2. The van der Waals surface area contributed by atoms with Crippen molar-refractivity contribution in [1.29, 1.82) is 0 Å². The molecule has 0 N–H and O–H groups in total. The molecule has 0 aliphatic carbocycles. The first-order chi connectivity index (χ1) is 8.65. The number of fused-ring (bicyclic) bond motifs is 2. The smallest absolute Gasteiger partial charge is 0.168 e. The number of carbonyl (C=O) groups excluding carboxylic acids is 1. The third-order valence-electron chi connectivity index (χ3n) is 4.30. The fraction of sp³-hybridized carbons (Fsp3) is 0.562. The summed E-state index contributed by atoms with van der Waals surface area (Å²) in [6, 6.07) is 8.10. The zero-order chi connectivity index (χ0) is 12.7. The van der Waals surface area contributed by atoms with E-state index in [9.17, 15) is 4.79 Å². The van der Waals surface area contributed by atoms with Gasteiger partial charge in [0, 0.05) is 5.56 Å². The summed E-state index contributed by atoms with van der Waals surface area (Å²) in [4.78, 5) is 12.4. The van der Waals surface area contributed by atoms with Gasteiger partial charge in [0.1, 0.15) is 0 Å². The van der Waals surface area contributed by atoms with E-state index >= 15 is 0 Å². The number of carbonyl (C=O) groups is 1. The number of benzene rings is 1. The van der Waals surface area contributed by atoms with Gasteiger partial charge >= 0.3 is 0 Å². The topological polar surface area (TPSA) is 26.3 Å². The maximum absolute atomic E-state index is 12.4. The molecule has 1 aromatic carbocycles. The number of rotatable bonds is 3. The van der Waals surface area contributed by atoms with E-state index < -0.39 is 0 Å². The molecule has 2 aliphatic heterocycles. The second-order valence-electron chi connectivity index (χ2n) is 5.86. The van der Waals surface area contributed by atoms with E-state index in [1.165, 1.54) is 5.56 Å². The summed E-state index contributed by atoms with van der Waals surface area (Å²) in [5, 5.41) is 0. The summed E-state index contributed by atoms with van der Waals surface area (Å²) in [6.45, 7) is 4.33. The van der Waals surface area contributed by atoms with E-state index in [1.54, 1.807) is 0 Å². The highest BCUT2D eigenvalue weighted by molar-refractivity contribution is 5.98. The van der Waals surface area contributed by atoms with Gasteiger partial charge in [0.15, 0.2) is 5.78 Å². The first-order valence-corrected chi connectivity index (χ1v) is 6.95. The molecule has 0 spiro atoms. The summed E-state index contributed by atoms with van der Waals surface area (Å²) in [7, 11) is 0. The predicted molar refractivity (Wildman–Crippen MR) is 70.9 cm³/mol. The van der Waals surface area contributed by atoms with Gasteiger partial charge in [-0.25, -0.2) is 0 Å². The molecule has 2 nitrogen and oxygen atoms in total. The molecule has 18 heavy (non-hydrogen) atoms. The number of hydrogen-bond donors (Lipinski definition) is 0. The van der Waals surface area contributed by atoms with Crippen LogP contribution >= 0.6 is 0 Å². The summed E-state index contributed by atoms with van der Waals surface area (Å²) in [5.74, 6) is 0.895. The lowest BCUT2D eigenvalue weighted by atomic mass is 9.83. The van der Waals surface area contributed by atoms with Crippen LogP contribution in [0, 0.1) is 5.92 Å². The van der Waals surface area contributed by atoms with Crippen LogP contribution in [0.1, 0.15) is 54.9 Å². The van der Waals surface area contributed by atoms with Crippen LogP contribution in [0.25, 0.3) is 0 Å². The lowest BCUT2D eigenvalue weighted by Gasteiger charge is -2.17. The molecule has 3 unspecified atom stereocenters. The lowest BCUT2D eigenvalue weighted by molar-refractivity contribution is 0.0743. The third kappa shape index (κ3) is 1.99. The molecule has 2 heteroatoms. The standard InChI is InChI=1S/C16H20O2/c1-10(2)11-3-5-12(6-4-11)16(17)14-9-13-7-8-15(14)18-13/h3-6,10,13-15H,7-9H2,1-2H3. The molecule has 0 saturated carbocycles. The fourth-order valence-corrected chi connectivity index (χ4v) is 3.16. The zero-order valence-corrected chi connectivity index (χ0v) is 11.1. The quantitative estimate of drug-likeness (QED) is 0.760. The van der Waals surface area contributed by atoms with Crippen LogP contribution in [0.15, 0.2) is 24.3 Å². The van der Waals surface area contributed by atoms with Crippen LogP contribution in [-0.2, 0) is 4.74 Å². The highest BCUT2D eigenvalue weighted by atomic mass is 16.5. The molecular weight excluding hydrogens is 224 g/mol. The van der Waals surface area contributed by atoms with Gasteiger partial charge in [0.2, 0.25) is 0 Å². The van der Waals surface area contributed by atoms with Crippen LogP contribution in [-0.4, -0.2) is 18.0 Å². The normalized spacial score (nSPS) is 30.1. The van der Waals surface area contributed by atoms with Gasteiger partial charge in [-0.2, -0.15) is 0 Å². The molecule has 3 atom stereocenters. The Morgan fingerprint density at radius 3 is 2.44 bits per heavy atom. The van der Waals surface area contributed by atoms with Crippen molar-refractivity contribution in [2.45, 2.75) is 51.2 Å². The van der Waals surface area contributed by atoms with E-state index in [2.05, 4.69) is 26.0 Å². The Bertz CT molecular complexity index is 447. The molecular formula is C16H20O2. The number of Topliss-reactive ketones (excluding diaryl/α,β-unsaturated/α-hetero) is 1. The summed E-state index contributed by atoms with van der Waals surface area (Å²) in [6.07, 6.45) is 3.66. The third-order valence-corrected chi connectivity index (χ3v) is 4.30. The van der Waals surface area contributed by atoms with E-state index in [1.807, 2.05) is 12.1 Å². The SMILES string of the molecule is CC(C)c1ccc(C(=O)C2CC3CCC2O3)cc1. The van der Waals surface area contributed by atoms with Crippen LogP contribution in [0.2, 0.25) is 0 Å². The highest BCUT2D eigenvalue weighted by Crippen LogP contribution is 2.40. The first kappa shape index (κ1) is 11.9. The second-order valence-corrected chi connectivity index (χ2v) is 5.86. The van der Waals surface area contributed by atoms with Crippen molar-refractivity contribution in [1.82, 2.24) is 0 Å². The Kier molecular flexibility index (Phi) is 2.98. The summed E-state index contributed by atoms with van der Waals surface area (Å²) < 4.78 is 5.77. The van der Waals surface area contributed by atoms with Crippen molar-refractivity contribution >= 4 is 5.78 Å². The lowest BCUT2D eigenvalue weighted by Crippen LogP contribution is -2.25. The van der Waals surface area contributed by atoms with Crippen LogP contribution in [0.3, 0.4) is 0 Å². The Labute approximate surface area is 108 Å². The van der Waals surface area contributed by atoms with Gasteiger partial charge in [-0.1, -0.05) is 38.1 Å². The highest BCUT2D eigenvalue weighted by Gasteiger charge is 2.44. The molecule has 0 aromatic heterocycles. The van der Waals surface area contributed by atoms with Crippen molar-refractivity contribution in [3.8, 4) is 0 Å². The minimum Gasteiger partial charge on any atom is -0.374 e. The minimum absolute atomic E-state index is 0.105. The molecule has 2 heterocycles. The molecule has 0 amide bonds. The number of ketones is 1. The van der Waals surface area contributed by atoms with Crippen LogP contribution in [0.5, 0.6) is 0 Å². The number of ether oxygens (including phenoxy) is 1. The van der Waals surface area contributed by atoms with Gasteiger partial charge in [-0.3, -0.25) is 4.79 Å². The molecule has 2 bridgehead atoms. The Morgan fingerprint density at radius 2 is 1.94 bits per heavy atom. The Hall–Kier alpha value is -1.15.